The van der Waals surface area contributed by atoms with Gasteiger partial charge in [0.2, 0.25) is 0 Å². The highest BCUT2D eigenvalue weighted by Gasteiger charge is 2.08. The molecule has 1 aromatic carbocycles. The molecule has 0 heterocycles. The van der Waals surface area contributed by atoms with Crippen LogP contribution < -0.4 is 0 Å². The van der Waals surface area contributed by atoms with E-state index in [0.717, 1.165) is 23.1 Å². The Morgan fingerprint density at radius 2 is 1.94 bits per heavy atom. The summed E-state index contributed by atoms with van der Waals surface area (Å²) < 4.78 is 15.5. The lowest BCUT2D eigenvalue weighted by atomic mass is 10.0. The van der Waals surface area contributed by atoms with E-state index in [4.69, 9.17) is 14.2 Å². The van der Waals surface area contributed by atoms with Crippen molar-refractivity contribution in [3.8, 4) is 0 Å². The highest BCUT2D eigenvalue weighted by Crippen LogP contribution is 2.16. The van der Waals surface area contributed by atoms with Crippen molar-refractivity contribution in [2.75, 3.05) is 21.3 Å². The maximum Gasteiger partial charge on any atom is 0.160 e. The summed E-state index contributed by atoms with van der Waals surface area (Å²) in [6.45, 7) is 4.41. The molecule has 3 nitrogen and oxygen atoms in total. The van der Waals surface area contributed by atoms with Crippen LogP contribution in [0.25, 0.3) is 6.08 Å². The van der Waals surface area contributed by atoms with Crippen LogP contribution in [0, 0.1) is 0 Å². The predicted molar refractivity (Wildman–Crippen MR) is 68.8 cm³/mol. The molecule has 17 heavy (non-hydrogen) atoms. The van der Waals surface area contributed by atoms with Crippen molar-refractivity contribution in [1.82, 2.24) is 0 Å². The Hall–Kier alpha value is -1.16. The van der Waals surface area contributed by atoms with Gasteiger partial charge in [0.15, 0.2) is 6.29 Å². The largest absolute Gasteiger partial charge is 0.380 e. The average Bonchev–Trinajstić information content (AvgIpc) is 2.37. The molecule has 0 spiro atoms. The molecule has 3 heteroatoms. The molecule has 0 fully saturated rings. The second-order valence-corrected chi connectivity index (χ2v) is 3.78. The van der Waals surface area contributed by atoms with Crippen molar-refractivity contribution in [1.29, 1.82) is 0 Å². The quantitative estimate of drug-likeness (QED) is 0.681. The van der Waals surface area contributed by atoms with Gasteiger partial charge in [-0.3, -0.25) is 0 Å². The van der Waals surface area contributed by atoms with Crippen molar-refractivity contribution in [2.45, 2.75) is 19.3 Å². The molecule has 94 valence electrons. The molecule has 0 aliphatic carbocycles. The second-order valence-electron chi connectivity index (χ2n) is 3.78. The van der Waals surface area contributed by atoms with Gasteiger partial charge in [-0.2, -0.15) is 0 Å². The normalized spacial score (nSPS) is 10.8. The summed E-state index contributed by atoms with van der Waals surface area (Å²) in [5.41, 5.74) is 3.39. The third kappa shape index (κ3) is 3.97. The number of hydrogen-bond acceptors (Lipinski definition) is 3. The van der Waals surface area contributed by atoms with Crippen LogP contribution in [0.4, 0.5) is 0 Å². The highest BCUT2D eigenvalue weighted by molar-refractivity contribution is 5.53. The van der Waals surface area contributed by atoms with Crippen molar-refractivity contribution < 1.29 is 14.2 Å². The Morgan fingerprint density at radius 3 is 2.47 bits per heavy atom. The Labute approximate surface area is 103 Å². The highest BCUT2D eigenvalue weighted by atomic mass is 16.7. The second kappa shape index (κ2) is 7.22. The summed E-state index contributed by atoms with van der Waals surface area (Å²) >= 11 is 0. The van der Waals surface area contributed by atoms with Crippen LogP contribution >= 0.6 is 0 Å². The number of hydrogen-bond donors (Lipinski definition) is 0. The molecule has 0 aliphatic rings. The summed E-state index contributed by atoms with van der Waals surface area (Å²) in [5, 5.41) is 0. The summed E-state index contributed by atoms with van der Waals surface area (Å²) in [5.74, 6) is 0. The Morgan fingerprint density at radius 1 is 1.24 bits per heavy atom. The van der Waals surface area contributed by atoms with E-state index in [0.29, 0.717) is 6.61 Å². The van der Waals surface area contributed by atoms with E-state index >= 15 is 0 Å². The zero-order valence-corrected chi connectivity index (χ0v) is 10.7. The van der Waals surface area contributed by atoms with Crippen molar-refractivity contribution in [3.63, 3.8) is 0 Å². The van der Waals surface area contributed by atoms with Gasteiger partial charge in [0.1, 0.15) is 0 Å². The topological polar surface area (TPSA) is 27.7 Å². The fourth-order valence-corrected chi connectivity index (χ4v) is 1.70. The zero-order chi connectivity index (χ0) is 12.7. The van der Waals surface area contributed by atoms with Gasteiger partial charge in [-0.15, -0.1) is 0 Å². The van der Waals surface area contributed by atoms with Gasteiger partial charge < -0.3 is 14.2 Å². The van der Waals surface area contributed by atoms with E-state index in [1.165, 1.54) is 0 Å². The molecule has 0 atom stereocenters. The monoisotopic (exact) mass is 236 g/mol. The van der Waals surface area contributed by atoms with Gasteiger partial charge in [0, 0.05) is 27.8 Å². The Balaban J connectivity index is 2.85. The van der Waals surface area contributed by atoms with E-state index in [9.17, 15) is 0 Å². The molecule has 0 saturated heterocycles. The van der Waals surface area contributed by atoms with E-state index in [1.54, 1.807) is 21.3 Å². The number of benzene rings is 1. The number of methoxy groups -OCH3 is 3. The lowest BCUT2D eigenvalue weighted by Crippen LogP contribution is -2.16. The SMILES string of the molecule is C=Cc1cc(CC(OC)OC)ccc1COC. The fraction of sp³-hybridized carbons (Fsp3) is 0.429. The smallest absolute Gasteiger partial charge is 0.160 e. The maximum absolute atomic E-state index is 5.18. The van der Waals surface area contributed by atoms with Crippen LogP contribution in [0.15, 0.2) is 24.8 Å². The fourth-order valence-electron chi connectivity index (χ4n) is 1.70. The first-order chi connectivity index (χ1) is 8.24. The molecule has 0 bridgehead atoms. The van der Waals surface area contributed by atoms with Crippen molar-refractivity contribution >= 4 is 6.08 Å². The van der Waals surface area contributed by atoms with E-state index in [1.807, 2.05) is 6.08 Å². The Kier molecular flexibility index (Phi) is 5.91. The summed E-state index contributed by atoms with van der Waals surface area (Å²) in [4.78, 5) is 0. The maximum atomic E-state index is 5.18. The van der Waals surface area contributed by atoms with Gasteiger partial charge in [0.25, 0.3) is 0 Å². The van der Waals surface area contributed by atoms with Gasteiger partial charge in [-0.1, -0.05) is 30.9 Å². The predicted octanol–water partition coefficient (Wildman–Crippen LogP) is 2.64. The minimum atomic E-state index is -0.207. The first-order valence-corrected chi connectivity index (χ1v) is 5.54. The third-order valence-electron chi connectivity index (χ3n) is 2.66. The van der Waals surface area contributed by atoms with E-state index in [-0.39, 0.29) is 6.29 Å². The van der Waals surface area contributed by atoms with Crippen LogP contribution in [-0.2, 0) is 27.2 Å². The lowest BCUT2D eigenvalue weighted by molar-refractivity contribution is -0.100. The molecule has 1 rings (SSSR count). The average molecular weight is 236 g/mol. The molecule has 0 saturated carbocycles. The molecule has 0 radical (unpaired) electrons. The first kappa shape index (κ1) is 13.9. The molecular formula is C14H20O3. The molecule has 0 amide bonds. The number of rotatable bonds is 7. The minimum absolute atomic E-state index is 0.207. The summed E-state index contributed by atoms with van der Waals surface area (Å²) in [6, 6.07) is 6.21. The first-order valence-electron chi connectivity index (χ1n) is 5.54. The van der Waals surface area contributed by atoms with Gasteiger partial charge >= 0.3 is 0 Å². The molecule has 0 unspecified atom stereocenters. The van der Waals surface area contributed by atoms with Gasteiger partial charge in [0.05, 0.1) is 6.61 Å². The number of ether oxygens (including phenoxy) is 3. The summed E-state index contributed by atoms with van der Waals surface area (Å²) in [7, 11) is 4.97. The van der Waals surface area contributed by atoms with Crippen LogP contribution in [0.3, 0.4) is 0 Å². The molecule has 1 aromatic rings. The lowest BCUT2D eigenvalue weighted by Gasteiger charge is -2.14. The van der Waals surface area contributed by atoms with Gasteiger partial charge in [-0.05, 0) is 16.7 Å². The minimum Gasteiger partial charge on any atom is -0.380 e. The molecule has 0 aromatic heterocycles. The summed E-state index contributed by atoms with van der Waals surface area (Å²) in [6.07, 6.45) is 2.36. The van der Waals surface area contributed by atoms with Crippen molar-refractivity contribution in [2.24, 2.45) is 0 Å². The van der Waals surface area contributed by atoms with Gasteiger partial charge in [-0.25, -0.2) is 0 Å². The third-order valence-corrected chi connectivity index (χ3v) is 2.66. The van der Waals surface area contributed by atoms with Crippen LogP contribution in [0.1, 0.15) is 16.7 Å². The molecule has 0 aliphatic heterocycles. The molecule has 0 N–H and O–H groups in total. The zero-order valence-electron chi connectivity index (χ0n) is 10.7. The van der Waals surface area contributed by atoms with Crippen molar-refractivity contribution in [3.05, 3.63) is 41.5 Å². The van der Waals surface area contributed by atoms with Crippen LogP contribution in [0.5, 0.6) is 0 Å². The van der Waals surface area contributed by atoms with Crippen LogP contribution in [-0.4, -0.2) is 27.6 Å². The van der Waals surface area contributed by atoms with E-state index < -0.39 is 0 Å². The standard InChI is InChI=1S/C14H20O3/c1-5-12-8-11(9-14(16-3)17-4)6-7-13(12)10-15-2/h5-8,14H,1,9-10H2,2-4H3. The Bertz CT molecular complexity index is 356. The van der Waals surface area contributed by atoms with E-state index in [2.05, 4.69) is 24.8 Å². The van der Waals surface area contributed by atoms with Crippen LogP contribution in [0.2, 0.25) is 0 Å². The molecular weight excluding hydrogens is 216 g/mol.